The van der Waals surface area contributed by atoms with Gasteiger partial charge in [0.25, 0.3) is 5.91 Å². The fourth-order valence-electron chi connectivity index (χ4n) is 2.69. The van der Waals surface area contributed by atoms with Gasteiger partial charge in [0.2, 0.25) is 0 Å². The Balaban J connectivity index is 1.65. The van der Waals surface area contributed by atoms with E-state index in [4.69, 9.17) is 0 Å². The number of imidazole rings is 1. The number of aryl methyl sites for hydroxylation is 1. The SMILES string of the molecule is CCc1c(C(=O)NCCCn2ccnc2)cnn1-c1ccc(F)cc1. The maximum Gasteiger partial charge on any atom is 0.254 e. The minimum atomic E-state index is -0.301. The van der Waals surface area contributed by atoms with Crippen LogP contribution in [-0.4, -0.2) is 31.8 Å². The summed E-state index contributed by atoms with van der Waals surface area (Å²) in [6, 6.07) is 6.06. The first kappa shape index (κ1) is 16.9. The van der Waals surface area contributed by atoms with Gasteiger partial charge in [-0.3, -0.25) is 4.79 Å². The van der Waals surface area contributed by atoms with E-state index in [0.717, 1.165) is 24.3 Å². The summed E-state index contributed by atoms with van der Waals surface area (Å²) >= 11 is 0. The van der Waals surface area contributed by atoms with Crippen LogP contribution >= 0.6 is 0 Å². The first-order valence-corrected chi connectivity index (χ1v) is 8.26. The molecule has 6 nitrogen and oxygen atoms in total. The highest BCUT2D eigenvalue weighted by atomic mass is 19.1. The van der Waals surface area contributed by atoms with Crippen molar-refractivity contribution in [1.29, 1.82) is 0 Å². The average molecular weight is 341 g/mol. The molecule has 0 atom stereocenters. The Morgan fingerprint density at radius 3 is 2.76 bits per heavy atom. The number of nitrogens with one attached hydrogen (secondary N) is 1. The van der Waals surface area contributed by atoms with Crippen LogP contribution in [0.25, 0.3) is 5.69 Å². The van der Waals surface area contributed by atoms with Crippen molar-refractivity contribution in [2.24, 2.45) is 0 Å². The topological polar surface area (TPSA) is 64.7 Å². The van der Waals surface area contributed by atoms with Crippen molar-refractivity contribution in [2.75, 3.05) is 6.54 Å². The summed E-state index contributed by atoms with van der Waals surface area (Å²) in [7, 11) is 0. The van der Waals surface area contributed by atoms with Crippen LogP contribution in [0.3, 0.4) is 0 Å². The lowest BCUT2D eigenvalue weighted by atomic mass is 10.2. The molecule has 0 fully saturated rings. The fourth-order valence-corrected chi connectivity index (χ4v) is 2.69. The monoisotopic (exact) mass is 341 g/mol. The van der Waals surface area contributed by atoms with E-state index in [1.807, 2.05) is 17.7 Å². The van der Waals surface area contributed by atoms with E-state index >= 15 is 0 Å². The number of hydrogen-bond acceptors (Lipinski definition) is 3. The minimum absolute atomic E-state index is 0.143. The molecule has 0 aliphatic carbocycles. The number of halogens is 1. The van der Waals surface area contributed by atoms with Crippen LogP contribution in [0, 0.1) is 5.82 Å². The van der Waals surface area contributed by atoms with Crippen molar-refractivity contribution >= 4 is 5.91 Å². The summed E-state index contributed by atoms with van der Waals surface area (Å²) in [6.45, 7) is 3.34. The lowest BCUT2D eigenvalue weighted by molar-refractivity contribution is 0.0952. The standard InChI is InChI=1S/C18H20FN5O/c1-2-17-16(12-22-24(17)15-6-4-14(19)5-7-15)18(25)21-8-3-10-23-11-9-20-13-23/h4-7,9,11-13H,2-3,8,10H2,1H3,(H,21,25). The predicted molar refractivity (Wildman–Crippen MR) is 92.1 cm³/mol. The third-order valence-corrected chi connectivity index (χ3v) is 3.96. The molecular formula is C18H20FN5O. The van der Waals surface area contributed by atoms with Gasteiger partial charge in [-0.05, 0) is 37.1 Å². The third-order valence-electron chi connectivity index (χ3n) is 3.96. The number of amides is 1. The molecular weight excluding hydrogens is 321 g/mol. The number of hydrogen-bond donors (Lipinski definition) is 1. The Morgan fingerprint density at radius 2 is 2.08 bits per heavy atom. The summed E-state index contributed by atoms with van der Waals surface area (Å²) in [6.07, 6.45) is 8.40. The van der Waals surface area contributed by atoms with Gasteiger partial charge in [0.1, 0.15) is 5.82 Å². The van der Waals surface area contributed by atoms with E-state index < -0.39 is 0 Å². The molecule has 0 unspecified atom stereocenters. The Morgan fingerprint density at radius 1 is 1.28 bits per heavy atom. The highest BCUT2D eigenvalue weighted by Gasteiger charge is 2.16. The number of aromatic nitrogens is 4. The zero-order valence-corrected chi connectivity index (χ0v) is 14.0. The van der Waals surface area contributed by atoms with Gasteiger partial charge in [-0.2, -0.15) is 5.10 Å². The summed E-state index contributed by atoms with van der Waals surface area (Å²) < 4.78 is 16.7. The van der Waals surface area contributed by atoms with Crippen LogP contribution in [0.2, 0.25) is 0 Å². The lowest BCUT2D eigenvalue weighted by Gasteiger charge is -2.09. The van der Waals surface area contributed by atoms with Crippen molar-refractivity contribution in [3.63, 3.8) is 0 Å². The predicted octanol–water partition coefficient (Wildman–Crippen LogP) is 2.59. The molecule has 2 heterocycles. The molecule has 130 valence electrons. The Bertz CT molecular complexity index is 824. The summed E-state index contributed by atoms with van der Waals surface area (Å²) in [5, 5.41) is 7.22. The van der Waals surface area contributed by atoms with E-state index in [-0.39, 0.29) is 11.7 Å². The van der Waals surface area contributed by atoms with Crippen LogP contribution in [0.1, 0.15) is 29.4 Å². The molecule has 1 N–H and O–H groups in total. The molecule has 0 aliphatic heterocycles. The summed E-state index contributed by atoms with van der Waals surface area (Å²) in [5.41, 5.74) is 2.09. The molecule has 0 saturated heterocycles. The Labute approximate surface area is 145 Å². The molecule has 1 amide bonds. The second-order valence-electron chi connectivity index (χ2n) is 5.66. The number of benzene rings is 1. The van der Waals surface area contributed by atoms with Gasteiger partial charge in [-0.15, -0.1) is 0 Å². The van der Waals surface area contributed by atoms with Gasteiger partial charge in [0.05, 0.1) is 29.5 Å². The molecule has 3 rings (SSSR count). The van der Waals surface area contributed by atoms with Crippen LogP contribution < -0.4 is 5.32 Å². The minimum Gasteiger partial charge on any atom is -0.352 e. The largest absolute Gasteiger partial charge is 0.352 e. The van der Waals surface area contributed by atoms with Gasteiger partial charge >= 0.3 is 0 Å². The molecule has 0 bridgehead atoms. The maximum absolute atomic E-state index is 13.1. The quantitative estimate of drug-likeness (QED) is 0.672. The molecule has 0 saturated carbocycles. The van der Waals surface area contributed by atoms with Gasteiger partial charge in [0.15, 0.2) is 0 Å². The first-order chi connectivity index (χ1) is 12.2. The molecule has 2 aromatic heterocycles. The van der Waals surface area contributed by atoms with Crippen molar-refractivity contribution in [2.45, 2.75) is 26.3 Å². The van der Waals surface area contributed by atoms with E-state index in [9.17, 15) is 9.18 Å². The number of carbonyl (C=O) groups excluding carboxylic acids is 1. The third kappa shape index (κ3) is 3.93. The van der Waals surface area contributed by atoms with Crippen LogP contribution in [0.4, 0.5) is 4.39 Å². The van der Waals surface area contributed by atoms with Gasteiger partial charge in [-0.25, -0.2) is 14.1 Å². The molecule has 0 aliphatic rings. The van der Waals surface area contributed by atoms with Crippen LogP contribution in [0.15, 0.2) is 49.2 Å². The summed E-state index contributed by atoms with van der Waals surface area (Å²) in [4.78, 5) is 16.4. The second kappa shape index (κ2) is 7.74. The fraction of sp³-hybridized carbons (Fsp3) is 0.278. The number of rotatable bonds is 7. The van der Waals surface area contributed by atoms with Crippen LogP contribution in [-0.2, 0) is 13.0 Å². The van der Waals surface area contributed by atoms with Gasteiger partial charge < -0.3 is 9.88 Å². The molecule has 0 spiro atoms. The highest BCUT2D eigenvalue weighted by molar-refractivity contribution is 5.95. The molecule has 1 aromatic carbocycles. The van der Waals surface area contributed by atoms with Crippen molar-refractivity contribution in [1.82, 2.24) is 24.6 Å². The Hall–Kier alpha value is -2.96. The smallest absolute Gasteiger partial charge is 0.254 e. The van der Waals surface area contributed by atoms with E-state index in [1.54, 1.807) is 35.5 Å². The zero-order valence-electron chi connectivity index (χ0n) is 14.0. The summed E-state index contributed by atoms with van der Waals surface area (Å²) in [5.74, 6) is -0.444. The second-order valence-corrected chi connectivity index (χ2v) is 5.66. The zero-order chi connectivity index (χ0) is 17.6. The van der Waals surface area contributed by atoms with E-state index in [2.05, 4.69) is 15.4 Å². The normalized spacial score (nSPS) is 10.8. The van der Waals surface area contributed by atoms with E-state index in [1.165, 1.54) is 12.1 Å². The van der Waals surface area contributed by atoms with Crippen molar-refractivity contribution in [3.8, 4) is 5.69 Å². The van der Waals surface area contributed by atoms with E-state index in [0.29, 0.717) is 18.5 Å². The highest BCUT2D eigenvalue weighted by Crippen LogP contribution is 2.16. The van der Waals surface area contributed by atoms with Crippen LogP contribution in [0.5, 0.6) is 0 Å². The average Bonchev–Trinajstić information content (AvgIpc) is 3.28. The number of carbonyl (C=O) groups is 1. The molecule has 7 heteroatoms. The van der Waals surface area contributed by atoms with Crippen molar-refractivity contribution < 1.29 is 9.18 Å². The van der Waals surface area contributed by atoms with Gasteiger partial charge in [0, 0.05) is 25.5 Å². The molecule has 0 radical (unpaired) electrons. The van der Waals surface area contributed by atoms with Gasteiger partial charge in [-0.1, -0.05) is 6.92 Å². The van der Waals surface area contributed by atoms with Crippen molar-refractivity contribution in [3.05, 3.63) is 66.3 Å². The molecule has 3 aromatic rings. The molecule has 25 heavy (non-hydrogen) atoms. The Kier molecular flexibility index (Phi) is 5.23. The number of nitrogens with zero attached hydrogens (tertiary/aromatic N) is 4. The lowest BCUT2D eigenvalue weighted by Crippen LogP contribution is -2.26. The maximum atomic E-state index is 13.1. The first-order valence-electron chi connectivity index (χ1n) is 8.26.